The fourth-order valence-electron chi connectivity index (χ4n) is 1.64. The molecule has 1 saturated heterocycles. The lowest BCUT2D eigenvalue weighted by Crippen LogP contribution is -2.49. The summed E-state index contributed by atoms with van der Waals surface area (Å²) in [6.07, 6.45) is 0.0746. The minimum Gasteiger partial charge on any atom is -0.374 e. The lowest BCUT2D eigenvalue weighted by Gasteiger charge is -2.31. The summed E-state index contributed by atoms with van der Waals surface area (Å²) < 4.78 is 5.42. The third-order valence-electron chi connectivity index (χ3n) is 2.30. The van der Waals surface area contributed by atoms with E-state index in [1.807, 2.05) is 13.8 Å². The summed E-state index contributed by atoms with van der Waals surface area (Å²) in [6.45, 7) is 7.10. The number of morpholine rings is 1. The average Bonchev–Trinajstić information content (AvgIpc) is 2.16. The molecule has 0 aliphatic carbocycles. The van der Waals surface area contributed by atoms with Gasteiger partial charge in [-0.1, -0.05) is 0 Å². The van der Waals surface area contributed by atoms with Gasteiger partial charge in [0.2, 0.25) is 5.91 Å². The quantitative estimate of drug-likeness (QED) is 0.713. The van der Waals surface area contributed by atoms with E-state index in [2.05, 4.69) is 10.2 Å². The molecular weight excluding hydrogens is 230 g/mol. The highest BCUT2D eigenvalue weighted by Crippen LogP contribution is 2.03. The van der Waals surface area contributed by atoms with Crippen molar-refractivity contribution in [3.63, 3.8) is 0 Å². The summed E-state index contributed by atoms with van der Waals surface area (Å²) in [5.41, 5.74) is 5.52. The highest BCUT2D eigenvalue weighted by molar-refractivity contribution is 5.85. The van der Waals surface area contributed by atoms with Gasteiger partial charge in [0.15, 0.2) is 0 Å². The van der Waals surface area contributed by atoms with Crippen molar-refractivity contribution in [2.45, 2.75) is 26.0 Å². The number of halogens is 1. The molecule has 1 amide bonds. The molecule has 1 rings (SSSR count). The molecule has 0 radical (unpaired) electrons. The normalized spacial score (nSPS) is 21.6. The molecule has 0 saturated carbocycles. The number of nitrogens with zero attached hydrogens (tertiary/aromatic N) is 1. The van der Waals surface area contributed by atoms with E-state index in [9.17, 15) is 4.79 Å². The highest BCUT2D eigenvalue weighted by Gasteiger charge is 2.20. The zero-order valence-electron chi connectivity index (χ0n) is 9.94. The van der Waals surface area contributed by atoms with E-state index < -0.39 is 0 Å². The van der Waals surface area contributed by atoms with E-state index in [4.69, 9.17) is 10.5 Å². The van der Waals surface area contributed by atoms with Crippen molar-refractivity contribution in [3.8, 4) is 0 Å². The second-order valence-corrected chi connectivity index (χ2v) is 4.19. The maximum atomic E-state index is 11.5. The SMILES string of the molecule is CC(C)NC(=O)CN1CCOC(CN)C1.Cl. The predicted octanol–water partition coefficient (Wildman–Crippen LogP) is -0.408. The molecule has 1 heterocycles. The molecule has 1 unspecified atom stereocenters. The predicted molar refractivity (Wildman–Crippen MR) is 65.8 cm³/mol. The van der Waals surface area contributed by atoms with Gasteiger partial charge in [-0.3, -0.25) is 9.69 Å². The van der Waals surface area contributed by atoms with Crippen LogP contribution in [0.4, 0.5) is 0 Å². The number of ether oxygens (including phenoxy) is 1. The van der Waals surface area contributed by atoms with Crippen LogP contribution in [-0.2, 0) is 9.53 Å². The van der Waals surface area contributed by atoms with Crippen molar-refractivity contribution >= 4 is 18.3 Å². The van der Waals surface area contributed by atoms with E-state index in [0.29, 0.717) is 19.7 Å². The van der Waals surface area contributed by atoms with Crippen LogP contribution >= 0.6 is 12.4 Å². The maximum Gasteiger partial charge on any atom is 0.234 e. The molecule has 1 aliphatic heterocycles. The van der Waals surface area contributed by atoms with Crippen LogP contribution in [0.2, 0.25) is 0 Å². The fourth-order valence-corrected chi connectivity index (χ4v) is 1.64. The Morgan fingerprint density at radius 2 is 2.31 bits per heavy atom. The average molecular weight is 252 g/mol. The molecule has 0 spiro atoms. The molecule has 96 valence electrons. The Hall–Kier alpha value is -0.360. The molecule has 1 fully saturated rings. The third kappa shape index (κ3) is 5.65. The van der Waals surface area contributed by atoms with Crippen molar-refractivity contribution in [1.82, 2.24) is 10.2 Å². The van der Waals surface area contributed by atoms with Crippen LogP contribution in [0.25, 0.3) is 0 Å². The lowest BCUT2D eigenvalue weighted by atomic mass is 10.2. The fraction of sp³-hybridized carbons (Fsp3) is 0.900. The molecule has 0 aromatic heterocycles. The number of hydrogen-bond donors (Lipinski definition) is 2. The van der Waals surface area contributed by atoms with Gasteiger partial charge < -0.3 is 15.8 Å². The zero-order valence-corrected chi connectivity index (χ0v) is 10.8. The molecule has 5 nitrogen and oxygen atoms in total. The minimum absolute atomic E-state index is 0. The monoisotopic (exact) mass is 251 g/mol. The van der Waals surface area contributed by atoms with Gasteiger partial charge in [0.05, 0.1) is 19.3 Å². The number of nitrogens with one attached hydrogen (secondary N) is 1. The Morgan fingerprint density at radius 3 is 2.88 bits per heavy atom. The molecule has 0 aromatic rings. The van der Waals surface area contributed by atoms with Crippen LogP contribution in [0.15, 0.2) is 0 Å². The van der Waals surface area contributed by atoms with Crippen molar-refractivity contribution < 1.29 is 9.53 Å². The zero-order chi connectivity index (χ0) is 11.3. The molecule has 1 atom stereocenters. The summed E-state index contributed by atoms with van der Waals surface area (Å²) in [5, 5.41) is 2.87. The second-order valence-electron chi connectivity index (χ2n) is 4.19. The standard InChI is InChI=1S/C10H21N3O2.ClH/c1-8(2)12-10(14)7-13-3-4-15-9(5-11)6-13;/h8-9H,3-7,11H2,1-2H3,(H,12,14);1H. The Kier molecular flexibility index (Phi) is 7.66. The largest absolute Gasteiger partial charge is 0.374 e. The topological polar surface area (TPSA) is 67.6 Å². The van der Waals surface area contributed by atoms with E-state index >= 15 is 0 Å². The maximum absolute atomic E-state index is 11.5. The highest BCUT2D eigenvalue weighted by atomic mass is 35.5. The number of carbonyl (C=O) groups excluding carboxylic acids is 1. The first-order valence-electron chi connectivity index (χ1n) is 5.45. The van der Waals surface area contributed by atoms with Gasteiger partial charge in [-0.05, 0) is 13.8 Å². The summed E-state index contributed by atoms with van der Waals surface area (Å²) >= 11 is 0. The van der Waals surface area contributed by atoms with Crippen LogP contribution in [0, 0.1) is 0 Å². The van der Waals surface area contributed by atoms with Gasteiger partial charge in [0, 0.05) is 25.7 Å². The van der Waals surface area contributed by atoms with E-state index in [1.54, 1.807) is 0 Å². The van der Waals surface area contributed by atoms with Gasteiger partial charge in [0.25, 0.3) is 0 Å². The van der Waals surface area contributed by atoms with Crippen LogP contribution in [0.3, 0.4) is 0 Å². The summed E-state index contributed by atoms with van der Waals surface area (Å²) in [7, 11) is 0. The van der Waals surface area contributed by atoms with Crippen molar-refractivity contribution in [2.75, 3.05) is 32.8 Å². The van der Waals surface area contributed by atoms with Crippen molar-refractivity contribution in [3.05, 3.63) is 0 Å². The number of carbonyl (C=O) groups is 1. The van der Waals surface area contributed by atoms with Gasteiger partial charge in [-0.2, -0.15) is 0 Å². The van der Waals surface area contributed by atoms with E-state index in [0.717, 1.165) is 13.1 Å². The lowest BCUT2D eigenvalue weighted by molar-refractivity contribution is -0.124. The summed E-state index contributed by atoms with van der Waals surface area (Å²) in [6, 6.07) is 0.198. The van der Waals surface area contributed by atoms with Gasteiger partial charge in [0.1, 0.15) is 0 Å². The van der Waals surface area contributed by atoms with Crippen LogP contribution < -0.4 is 11.1 Å². The molecular formula is C10H22ClN3O2. The molecule has 3 N–H and O–H groups in total. The number of nitrogens with two attached hydrogens (primary N) is 1. The first-order valence-corrected chi connectivity index (χ1v) is 5.45. The number of amides is 1. The van der Waals surface area contributed by atoms with E-state index in [1.165, 1.54) is 0 Å². The Labute approximate surface area is 103 Å². The first kappa shape index (κ1) is 15.6. The van der Waals surface area contributed by atoms with Crippen LogP contribution in [0.1, 0.15) is 13.8 Å². The molecule has 1 aliphatic rings. The van der Waals surface area contributed by atoms with Crippen LogP contribution in [0.5, 0.6) is 0 Å². The smallest absolute Gasteiger partial charge is 0.234 e. The number of hydrogen-bond acceptors (Lipinski definition) is 4. The van der Waals surface area contributed by atoms with Gasteiger partial charge >= 0.3 is 0 Å². The third-order valence-corrected chi connectivity index (χ3v) is 2.30. The molecule has 0 aromatic carbocycles. The van der Waals surface area contributed by atoms with Gasteiger partial charge in [-0.25, -0.2) is 0 Å². The van der Waals surface area contributed by atoms with Crippen molar-refractivity contribution in [2.24, 2.45) is 5.73 Å². The van der Waals surface area contributed by atoms with Crippen LogP contribution in [-0.4, -0.2) is 55.7 Å². The first-order chi connectivity index (χ1) is 7.11. The second kappa shape index (κ2) is 7.84. The molecule has 16 heavy (non-hydrogen) atoms. The Bertz CT molecular complexity index is 214. The summed E-state index contributed by atoms with van der Waals surface area (Å²) in [4.78, 5) is 13.6. The summed E-state index contributed by atoms with van der Waals surface area (Å²) in [5.74, 6) is 0.0719. The van der Waals surface area contributed by atoms with Gasteiger partial charge in [-0.15, -0.1) is 12.4 Å². The minimum atomic E-state index is 0. The molecule has 0 bridgehead atoms. The molecule has 6 heteroatoms. The van der Waals surface area contributed by atoms with E-state index in [-0.39, 0.29) is 30.5 Å². The Morgan fingerprint density at radius 1 is 1.62 bits per heavy atom. The number of rotatable bonds is 4. The Balaban J connectivity index is 0.00000225. The van der Waals surface area contributed by atoms with Crippen molar-refractivity contribution in [1.29, 1.82) is 0 Å².